The van der Waals surface area contributed by atoms with E-state index in [-0.39, 0.29) is 0 Å². The summed E-state index contributed by atoms with van der Waals surface area (Å²) in [6, 6.07) is 14.8. The van der Waals surface area contributed by atoms with Crippen LogP contribution >= 0.6 is 0 Å². The number of hydrogen-bond acceptors (Lipinski definition) is 2. The summed E-state index contributed by atoms with van der Waals surface area (Å²) in [5.74, 6) is 1.22. The molecule has 3 rings (SSSR count). The van der Waals surface area contributed by atoms with Crippen LogP contribution in [0.4, 0.5) is 0 Å². The van der Waals surface area contributed by atoms with Crippen LogP contribution in [-0.4, -0.2) is 37.0 Å². The first kappa shape index (κ1) is 20.6. The molecule has 0 bridgehead atoms. The molecule has 1 aliphatic heterocycles. The highest BCUT2D eigenvalue weighted by Crippen LogP contribution is 2.25. The molecule has 3 nitrogen and oxygen atoms in total. The van der Waals surface area contributed by atoms with E-state index in [4.69, 9.17) is 4.74 Å². The molecule has 0 atom stereocenters. The first-order chi connectivity index (χ1) is 13.5. The van der Waals surface area contributed by atoms with Crippen LogP contribution in [0.15, 0.2) is 42.5 Å². The van der Waals surface area contributed by atoms with Crippen LogP contribution < -0.4 is 4.74 Å². The van der Waals surface area contributed by atoms with E-state index < -0.39 is 0 Å². The highest BCUT2D eigenvalue weighted by Gasteiger charge is 2.32. The predicted octanol–water partition coefficient (Wildman–Crippen LogP) is 5.01. The number of likely N-dealkylation sites (tertiary alicyclic amines) is 1. The predicted molar refractivity (Wildman–Crippen MR) is 115 cm³/mol. The molecule has 0 aromatic heterocycles. The van der Waals surface area contributed by atoms with E-state index in [0.29, 0.717) is 18.7 Å². The Hall–Kier alpha value is -2.13. The van der Waals surface area contributed by atoms with Gasteiger partial charge in [0.05, 0.1) is 20.2 Å². The van der Waals surface area contributed by atoms with Crippen LogP contribution in [0.25, 0.3) is 0 Å². The minimum absolute atomic E-state index is 0.356. The van der Waals surface area contributed by atoms with Gasteiger partial charge >= 0.3 is 0 Å². The zero-order valence-corrected chi connectivity index (χ0v) is 17.7. The maximum atomic E-state index is 13.2. The number of aryl methyl sites for hydroxylation is 2. The molecule has 1 aliphatic rings. The van der Waals surface area contributed by atoms with Gasteiger partial charge in [0, 0.05) is 12.0 Å². The molecule has 1 saturated heterocycles. The van der Waals surface area contributed by atoms with E-state index >= 15 is 0 Å². The quantitative estimate of drug-likeness (QED) is 0.631. The number of rotatable bonds is 7. The molecule has 1 fully saturated rings. The van der Waals surface area contributed by atoms with Gasteiger partial charge in [-0.1, -0.05) is 30.3 Å². The Morgan fingerprint density at radius 1 is 0.964 bits per heavy atom. The van der Waals surface area contributed by atoms with Crippen molar-refractivity contribution in [1.29, 1.82) is 0 Å². The second-order valence-corrected chi connectivity index (χ2v) is 8.46. The number of nitrogens with zero attached hydrogens (tertiary/aromatic N) is 1. The first-order valence-corrected chi connectivity index (χ1v) is 10.6. The number of hydrogen-bond donors (Lipinski definition) is 0. The second kappa shape index (κ2) is 9.38. The lowest BCUT2D eigenvalue weighted by Crippen LogP contribution is -2.51. The number of benzene rings is 2. The minimum Gasteiger partial charge on any atom is -0.497 e. The summed E-state index contributed by atoms with van der Waals surface area (Å²) in [4.78, 5) is 13.2. The van der Waals surface area contributed by atoms with Gasteiger partial charge in [0.15, 0.2) is 5.78 Å². The number of quaternary nitrogens is 1. The fraction of sp³-hybridized carbons (Fsp3) is 0.480. The molecule has 2 aromatic carbocycles. The Morgan fingerprint density at radius 2 is 1.57 bits per heavy atom. The topological polar surface area (TPSA) is 26.3 Å². The molecule has 0 amide bonds. The second-order valence-electron chi connectivity index (χ2n) is 8.46. The van der Waals surface area contributed by atoms with Gasteiger partial charge < -0.3 is 9.22 Å². The van der Waals surface area contributed by atoms with Crippen molar-refractivity contribution in [3.63, 3.8) is 0 Å². The third kappa shape index (κ3) is 5.23. The van der Waals surface area contributed by atoms with E-state index in [1.807, 2.05) is 12.1 Å². The van der Waals surface area contributed by atoms with Gasteiger partial charge in [-0.25, -0.2) is 0 Å². The lowest BCUT2D eigenvalue weighted by Gasteiger charge is -2.37. The van der Waals surface area contributed by atoms with Crippen molar-refractivity contribution in [3.05, 3.63) is 64.7 Å². The fourth-order valence-electron chi connectivity index (χ4n) is 4.68. The van der Waals surface area contributed by atoms with Crippen LogP contribution in [0.5, 0.6) is 5.75 Å². The van der Waals surface area contributed by atoms with Crippen LogP contribution in [0, 0.1) is 13.8 Å². The van der Waals surface area contributed by atoms with Crippen LogP contribution in [0.1, 0.15) is 47.9 Å². The average molecular weight is 381 g/mol. The maximum Gasteiger partial charge on any atom is 0.191 e. The molecular formula is C25H34NO2+. The van der Waals surface area contributed by atoms with E-state index in [2.05, 4.69) is 44.2 Å². The number of methoxy groups -OCH3 is 1. The molecule has 150 valence electrons. The van der Waals surface area contributed by atoms with Crippen molar-refractivity contribution < 1.29 is 14.0 Å². The van der Waals surface area contributed by atoms with E-state index in [1.54, 1.807) is 7.11 Å². The highest BCUT2D eigenvalue weighted by atomic mass is 16.5. The summed E-state index contributed by atoms with van der Waals surface area (Å²) < 4.78 is 6.28. The standard InChI is InChI=1S/C25H34NO2/c1-20-15-24(28-3)16-21(2)25(20)17-23(27)19-26(13-9-4-5-10-14-26)18-22-11-7-6-8-12-22/h6-8,11-12,15-16H,4-5,9-10,13-14,17-19H2,1-3H3/q+1. The van der Waals surface area contributed by atoms with Crippen LogP contribution in [-0.2, 0) is 17.8 Å². The van der Waals surface area contributed by atoms with Gasteiger partial charge in [0.25, 0.3) is 0 Å². The zero-order chi connectivity index (χ0) is 20.0. The molecule has 0 unspecified atom stereocenters. The van der Waals surface area contributed by atoms with Crippen LogP contribution in [0.3, 0.4) is 0 Å². The molecule has 3 heteroatoms. The van der Waals surface area contributed by atoms with Crippen molar-refractivity contribution in [1.82, 2.24) is 0 Å². The summed E-state index contributed by atoms with van der Waals surface area (Å²) in [7, 11) is 1.69. The lowest BCUT2D eigenvalue weighted by molar-refractivity contribution is -0.932. The van der Waals surface area contributed by atoms with Gasteiger partial charge in [0.1, 0.15) is 18.8 Å². The van der Waals surface area contributed by atoms with Gasteiger partial charge in [0.2, 0.25) is 0 Å². The summed E-state index contributed by atoms with van der Waals surface area (Å²) in [5.41, 5.74) is 4.80. The summed E-state index contributed by atoms with van der Waals surface area (Å²) >= 11 is 0. The Kier molecular flexibility index (Phi) is 6.90. The summed E-state index contributed by atoms with van der Waals surface area (Å²) in [5, 5.41) is 0. The molecule has 0 N–H and O–H groups in total. The van der Waals surface area contributed by atoms with E-state index in [9.17, 15) is 4.79 Å². The Bertz CT molecular complexity index is 766. The van der Waals surface area contributed by atoms with Crippen molar-refractivity contribution >= 4 is 5.78 Å². The average Bonchev–Trinajstić information content (AvgIpc) is 2.90. The monoisotopic (exact) mass is 380 g/mol. The Morgan fingerprint density at radius 3 is 2.14 bits per heavy atom. The first-order valence-electron chi connectivity index (χ1n) is 10.6. The smallest absolute Gasteiger partial charge is 0.191 e. The molecule has 1 heterocycles. The number of carbonyl (C=O) groups excluding carboxylic acids is 1. The number of ketones is 1. The van der Waals surface area contributed by atoms with E-state index in [1.165, 1.54) is 36.8 Å². The molecular weight excluding hydrogens is 346 g/mol. The van der Waals surface area contributed by atoms with Crippen molar-refractivity contribution in [3.8, 4) is 5.75 Å². The number of ether oxygens (including phenoxy) is 1. The Balaban J connectivity index is 1.78. The molecule has 28 heavy (non-hydrogen) atoms. The third-order valence-corrected chi connectivity index (χ3v) is 6.17. The van der Waals surface area contributed by atoms with Crippen molar-refractivity contribution in [2.75, 3.05) is 26.7 Å². The fourth-order valence-corrected chi connectivity index (χ4v) is 4.68. The largest absolute Gasteiger partial charge is 0.497 e. The van der Waals surface area contributed by atoms with Crippen LogP contribution in [0.2, 0.25) is 0 Å². The molecule has 0 aliphatic carbocycles. The maximum absolute atomic E-state index is 13.2. The SMILES string of the molecule is COc1cc(C)c(CC(=O)C[N+]2(Cc3ccccc3)CCCCCC2)c(C)c1. The number of Topliss-reactive ketones (excluding diaryl/α,β-unsaturated/α-hetero) is 1. The zero-order valence-electron chi connectivity index (χ0n) is 17.7. The summed E-state index contributed by atoms with van der Waals surface area (Å²) in [6.45, 7) is 7.99. The number of carbonyl (C=O) groups is 1. The van der Waals surface area contributed by atoms with E-state index in [0.717, 1.165) is 41.0 Å². The normalized spacial score (nSPS) is 16.4. The molecule has 2 aromatic rings. The highest BCUT2D eigenvalue weighted by molar-refractivity contribution is 5.82. The molecule has 0 radical (unpaired) electrons. The molecule has 0 spiro atoms. The minimum atomic E-state index is 0.356. The third-order valence-electron chi connectivity index (χ3n) is 6.17. The van der Waals surface area contributed by atoms with Gasteiger partial charge in [-0.05, 0) is 68.4 Å². The van der Waals surface area contributed by atoms with Crippen molar-refractivity contribution in [2.45, 2.75) is 52.5 Å². The van der Waals surface area contributed by atoms with Gasteiger partial charge in [-0.2, -0.15) is 0 Å². The van der Waals surface area contributed by atoms with Gasteiger partial charge in [-0.3, -0.25) is 4.79 Å². The summed E-state index contributed by atoms with van der Waals surface area (Å²) in [6.07, 6.45) is 5.55. The van der Waals surface area contributed by atoms with Gasteiger partial charge in [-0.15, -0.1) is 0 Å². The van der Waals surface area contributed by atoms with Crippen molar-refractivity contribution in [2.24, 2.45) is 0 Å². The Labute approximate surface area is 169 Å². The molecule has 0 saturated carbocycles. The lowest BCUT2D eigenvalue weighted by atomic mass is 9.97.